The Labute approximate surface area is 119 Å². The molecule has 0 aliphatic carbocycles. The van der Waals surface area contributed by atoms with Crippen LogP contribution in [0.5, 0.6) is 0 Å². The summed E-state index contributed by atoms with van der Waals surface area (Å²) in [6.45, 7) is 8.05. The number of amides is 1. The second-order valence-corrected chi connectivity index (χ2v) is 4.45. The van der Waals surface area contributed by atoms with Crippen molar-refractivity contribution in [3.63, 3.8) is 0 Å². The van der Waals surface area contributed by atoms with Gasteiger partial charge in [-0.2, -0.15) is 0 Å². The fourth-order valence-corrected chi connectivity index (χ4v) is 1.98. The van der Waals surface area contributed by atoms with E-state index in [0.717, 1.165) is 6.42 Å². The molecule has 0 atom stereocenters. The number of aryl methyl sites for hydroxylation is 2. The first-order valence-electron chi connectivity index (χ1n) is 6.95. The molecule has 20 heavy (non-hydrogen) atoms. The number of carbonyl (C=O) groups excluding carboxylic acids is 2. The molecule has 0 radical (unpaired) electrons. The first-order valence-corrected chi connectivity index (χ1v) is 6.95. The summed E-state index contributed by atoms with van der Waals surface area (Å²) in [5, 5.41) is 3.87. The summed E-state index contributed by atoms with van der Waals surface area (Å²) < 4.78 is 9.98. The average molecular weight is 282 g/mol. The van der Waals surface area contributed by atoms with Crippen molar-refractivity contribution < 1.29 is 18.8 Å². The molecule has 0 bridgehead atoms. The van der Waals surface area contributed by atoms with Crippen molar-refractivity contribution in [1.82, 2.24) is 10.1 Å². The molecule has 0 aliphatic heterocycles. The molecule has 0 aliphatic rings. The second kappa shape index (κ2) is 7.67. The fraction of sp³-hybridized carbons (Fsp3) is 0.643. The van der Waals surface area contributed by atoms with E-state index in [-0.39, 0.29) is 12.5 Å². The summed E-state index contributed by atoms with van der Waals surface area (Å²) in [5.41, 5.74) is 1.09. The monoisotopic (exact) mass is 282 g/mol. The molecule has 0 fully saturated rings. The first kappa shape index (κ1) is 16.2. The molecule has 0 saturated carbocycles. The highest BCUT2D eigenvalue weighted by molar-refractivity contribution is 5.97. The Morgan fingerprint density at radius 3 is 2.55 bits per heavy atom. The zero-order valence-corrected chi connectivity index (χ0v) is 12.6. The molecule has 6 heteroatoms. The third kappa shape index (κ3) is 3.82. The number of nitrogens with zero attached hydrogens (tertiary/aromatic N) is 2. The van der Waals surface area contributed by atoms with Crippen LogP contribution in [0.15, 0.2) is 4.52 Å². The van der Waals surface area contributed by atoms with Crippen LogP contribution in [0.1, 0.15) is 49.0 Å². The Hall–Kier alpha value is -1.85. The summed E-state index contributed by atoms with van der Waals surface area (Å²) in [7, 11) is 0. The first-order chi connectivity index (χ1) is 9.54. The van der Waals surface area contributed by atoms with Crippen molar-refractivity contribution >= 4 is 11.9 Å². The van der Waals surface area contributed by atoms with E-state index in [1.54, 1.807) is 13.8 Å². The lowest BCUT2D eigenvalue weighted by atomic mass is 10.1. The molecule has 1 aromatic heterocycles. The summed E-state index contributed by atoms with van der Waals surface area (Å²) in [4.78, 5) is 25.6. The van der Waals surface area contributed by atoms with Gasteiger partial charge in [-0.05, 0) is 26.7 Å². The Bertz CT molecular complexity index is 468. The van der Waals surface area contributed by atoms with Crippen LogP contribution >= 0.6 is 0 Å². The molecule has 112 valence electrons. The Balaban J connectivity index is 2.93. The molecular weight excluding hydrogens is 260 g/mol. The molecule has 1 heterocycles. The van der Waals surface area contributed by atoms with E-state index < -0.39 is 5.97 Å². The highest BCUT2D eigenvalue weighted by Crippen LogP contribution is 2.17. The quantitative estimate of drug-likeness (QED) is 0.715. The zero-order chi connectivity index (χ0) is 15.1. The summed E-state index contributed by atoms with van der Waals surface area (Å²) in [6.07, 6.45) is 1.37. The highest BCUT2D eigenvalue weighted by atomic mass is 16.5. The van der Waals surface area contributed by atoms with Crippen molar-refractivity contribution in [2.24, 2.45) is 0 Å². The molecule has 0 N–H and O–H groups in total. The minimum absolute atomic E-state index is 0.0473. The number of hydrogen-bond donors (Lipinski definition) is 0. The van der Waals surface area contributed by atoms with E-state index in [1.165, 1.54) is 4.90 Å². The lowest BCUT2D eigenvalue weighted by Gasteiger charge is -2.21. The van der Waals surface area contributed by atoms with E-state index in [1.807, 2.05) is 13.8 Å². The van der Waals surface area contributed by atoms with Crippen molar-refractivity contribution in [3.8, 4) is 0 Å². The van der Waals surface area contributed by atoms with Crippen LogP contribution in [0, 0.1) is 6.92 Å². The number of esters is 1. The van der Waals surface area contributed by atoms with Crippen LogP contribution in [0.3, 0.4) is 0 Å². The predicted octanol–water partition coefficient (Wildman–Crippen LogP) is 1.96. The Morgan fingerprint density at radius 1 is 1.30 bits per heavy atom. The molecule has 1 amide bonds. The van der Waals surface area contributed by atoms with E-state index in [0.29, 0.717) is 36.6 Å². The van der Waals surface area contributed by atoms with Crippen LogP contribution in [-0.4, -0.2) is 41.6 Å². The standard InChI is InChI=1S/C14H22N2O4/c1-5-8-16(9-12(17)19-7-3)14(18)13-10(4)20-15-11(13)6-2/h5-9H2,1-4H3. The summed E-state index contributed by atoms with van der Waals surface area (Å²) >= 11 is 0. The van der Waals surface area contributed by atoms with Gasteiger partial charge < -0.3 is 14.2 Å². The highest BCUT2D eigenvalue weighted by Gasteiger charge is 2.25. The van der Waals surface area contributed by atoms with Crippen LogP contribution in [0.4, 0.5) is 0 Å². The number of rotatable bonds is 7. The number of hydrogen-bond acceptors (Lipinski definition) is 5. The average Bonchev–Trinajstić information content (AvgIpc) is 2.78. The molecule has 1 aromatic rings. The van der Waals surface area contributed by atoms with E-state index in [9.17, 15) is 9.59 Å². The summed E-state index contributed by atoms with van der Waals surface area (Å²) in [5.74, 6) is -0.145. The normalized spacial score (nSPS) is 10.4. The van der Waals surface area contributed by atoms with Crippen LogP contribution in [0.25, 0.3) is 0 Å². The lowest BCUT2D eigenvalue weighted by Crippen LogP contribution is -2.37. The predicted molar refractivity (Wildman–Crippen MR) is 73.4 cm³/mol. The molecule has 1 rings (SSSR count). The Kier molecular flexibility index (Phi) is 6.21. The van der Waals surface area contributed by atoms with Gasteiger partial charge in [-0.25, -0.2) is 0 Å². The van der Waals surface area contributed by atoms with Crippen molar-refractivity contribution in [3.05, 3.63) is 17.0 Å². The van der Waals surface area contributed by atoms with Gasteiger partial charge in [0.05, 0.1) is 12.3 Å². The smallest absolute Gasteiger partial charge is 0.325 e. The van der Waals surface area contributed by atoms with Gasteiger partial charge in [0, 0.05) is 6.54 Å². The SMILES string of the molecule is CCCN(CC(=O)OCC)C(=O)c1c(CC)noc1C. The maximum atomic E-state index is 12.6. The van der Waals surface area contributed by atoms with Gasteiger partial charge in [0.2, 0.25) is 0 Å². The van der Waals surface area contributed by atoms with Gasteiger partial charge in [0.1, 0.15) is 17.9 Å². The fourth-order valence-electron chi connectivity index (χ4n) is 1.98. The lowest BCUT2D eigenvalue weighted by molar-refractivity contribution is -0.143. The van der Waals surface area contributed by atoms with Gasteiger partial charge in [-0.1, -0.05) is 19.0 Å². The van der Waals surface area contributed by atoms with Crippen molar-refractivity contribution in [2.45, 2.75) is 40.5 Å². The van der Waals surface area contributed by atoms with Crippen LogP contribution < -0.4 is 0 Å². The third-order valence-electron chi connectivity index (χ3n) is 2.89. The molecule has 0 unspecified atom stereocenters. The maximum Gasteiger partial charge on any atom is 0.325 e. The summed E-state index contributed by atoms with van der Waals surface area (Å²) in [6, 6.07) is 0. The zero-order valence-electron chi connectivity index (χ0n) is 12.6. The molecule has 6 nitrogen and oxygen atoms in total. The third-order valence-corrected chi connectivity index (χ3v) is 2.89. The minimum Gasteiger partial charge on any atom is -0.465 e. The van der Waals surface area contributed by atoms with E-state index in [4.69, 9.17) is 9.26 Å². The van der Waals surface area contributed by atoms with Gasteiger partial charge in [-0.3, -0.25) is 9.59 Å². The number of aromatic nitrogens is 1. The maximum absolute atomic E-state index is 12.6. The van der Waals surface area contributed by atoms with Crippen molar-refractivity contribution in [2.75, 3.05) is 19.7 Å². The molecule has 0 aromatic carbocycles. The molecule has 0 saturated heterocycles. The molecule has 0 spiro atoms. The Morgan fingerprint density at radius 2 is 2.00 bits per heavy atom. The largest absolute Gasteiger partial charge is 0.465 e. The van der Waals surface area contributed by atoms with Gasteiger partial charge >= 0.3 is 5.97 Å². The van der Waals surface area contributed by atoms with Crippen molar-refractivity contribution in [1.29, 1.82) is 0 Å². The van der Waals surface area contributed by atoms with Gasteiger partial charge in [0.25, 0.3) is 5.91 Å². The number of carbonyl (C=O) groups is 2. The van der Waals surface area contributed by atoms with E-state index in [2.05, 4.69) is 5.16 Å². The van der Waals surface area contributed by atoms with Gasteiger partial charge in [-0.15, -0.1) is 0 Å². The van der Waals surface area contributed by atoms with E-state index >= 15 is 0 Å². The second-order valence-electron chi connectivity index (χ2n) is 4.45. The number of ether oxygens (including phenoxy) is 1. The minimum atomic E-state index is -0.401. The molecular formula is C14H22N2O4. The topological polar surface area (TPSA) is 72.6 Å². The van der Waals surface area contributed by atoms with Gasteiger partial charge in [0.15, 0.2) is 0 Å². The van der Waals surface area contributed by atoms with Crippen LogP contribution in [-0.2, 0) is 16.0 Å². The van der Waals surface area contributed by atoms with Crippen LogP contribution in [0.2, 0.25) is 0 Å².